The Balaban J connectivity index is 0.00000176. The molecule has 3 rings (SSSR count). The maximum atomic E-state index is 13.3. The summed E-state index contributed by atoms with van der Waals surface area (Å²) < 4.78 is 13.3. The summed E-state index contributed by atoms with van der Waals surface area (Å²) in [6.07, 6.45) is 1.91. The number of benzene rings is 1. The van der Waals surface area contributed by atoms with Crippen molar-refractivity contribution in [1.29, 1.82) is 0 Å². The van der Waals surface area contributed by atoms with E-state index in [2.05, 4.69) is 9.97 Å². The van der Waals surface area contributed by atoms with Crippen molar-refractivity contribution in [2.45, 2.75) is 13.3 Å². The molecule has 3 nitrogen and oxygen atoms in total. The molecule has 0 unspecified atom stereocenters. The van der Waals surface area contributed by atoms with Crippen LogP contribution in [0, 0.1) is 5.82 Å². The third kappa shape index (κ3) is 2.85. The molecule has 0 aliphatic heterocycles. The monoisotopic (exact) mass is 337 g/mol. The minimum atomic E-state index is -0.373. The van der Waals surface area contributed by atoms with E-state index in [4.69, 9.17) is 17.3 Å². The second kappa shape index (κ2) is 6.46. The standard InChI is InChI=1S/C16H13ClFN3.ClH/c1-2-13-11(4-6-14(19)21-13)15-12(17)5-3-9-7-10(18)8-20-16(9)15;/h3-8H,2H2,1H3,(H2,19,21);1H. The topological polar surface area (TPSA) is 51.8 Å². The number of aromatic nitrogens is 2. The van der Waals surface area contributed by atoms with E-state index in [-0.39, 0.29) is 18.2 Å². The predicted molar refractivity (Wildman–Crippen MR) is 91.0 cm³/mol. The molecule has 0 spiro atoms. The molecule has 1 aromatic carbocycles. The highest BCUT2D eigenvalue weighted by molar-refractivity contribution is 6.35. The number of halogens is 3. The molecule has 0 aliphatic rings. The average molecular weight is 338 g/mol. The Labute approximate surface area is 138 Å². The number of pyridine rings is 2. The summed E-state index contributed by atoms with van der Waals surface area (Å²) in [5.41, 5.74) is 8.88. The van der Waals surface area contributed by atoms with Crippen molar-refractivity contribution >= 4 is 40.7 Å². The summed E-state index contributed by atoms with van der Waals surface area (Å²) >= 11 is 6.35. The third-order valence-electron chi connectivity index (χ3n) is 3.37. The van der Waals surface area contributed by atoms with Gasteiger partial charge in [0.2, 0.25) is 0 Å². The Bertz CT molecular complexity index is 837. The Morgan fingerprint density at radius 2 is 2.00 bits per heavy atom. The molecule has 2 aromatic heterocycles. The van der Waals surface area contributed by atoms with Gasteiger partial charge in [0, 0.05) is 16.5 Å². The summed E-state index contributed by atoms with van der Waals surface area (Å²) in [5, 5.41) is 1.26. The summed E-state index contributed by atoms with van der Waals surface area (Å²) in [5.74, 6) is 0.0906. The van der Waals surface area contributed by atoms with Gasteiger partial charge in [0.1, 0.15) is 11.6 Å². The maximum Gasteiger partial charge on any atom is 0.142 e. The van der Waals surface area contributed by atoms with Gasteiger partial charge in [0.15, 0.2) is 0 Å². The minimum absolute atomic E-state index is 0. The van der Waals surface area contributed by atoms with Crippen LogP contribution in [0.1, 0.15) is 12.6 Å². The molecule has 0 saturated carbocycles. The highest BCUT2D eigenvalue weighted by atomic mass is 35.5. The van der Waals surface area contributed by atoms with E-state index in [1.54, 1.807) is 18.2 Å². The molecule has 2 heterocycles. The molecular weight excluding hydrogens is 324 g/mol. The van der Waals surface area contributed by atoms with Crippen LogP contribution in [0.4, 0.5) is 10.2 Å². The predicted octanol–water partition coefficient (Wildman–Crippen LogP) is 4.66. The van der Waals surface area contributed by atoms with Gasteiger partial charge in [-0.25, -0.2) is 9.37 Å². The Morgan fingerprint density at radius 1 is 1.23 bits per heavy atom. The smallest absolute Gasteiger partial charge is 0.142 e. The normalized spacial score (nSPS) is 10.5. The fraction of sp³-hybridized carbons (Fsp3) is 0.125. The van der Waals surface area contributed by atoms with Gasteiger partial charge >= 0.3 is 0 Å². The third-order valence-corrected chi connectivity index (χ3v) is 3.68. The second-order valence-electron chi connectivity index (χ2n) is 4.73. The van der Waals surface area contributed by atoms with E-state index in [0.717, 1.165) is 16.8 Å². The van der Waals surface area contributed by atoms with Gasteiger partial charge in [-0.1, -0.05) is 24.6 Å². The molecule has 0 amide bonds. The number of rotatable bonds is 2. The van der Waals surface area contributed by atoms with Crippen LogP contribution in [0.5, 0.6) is 0 Å². The Hall–Kier alpha value is -1.91. The van der Waals surface area contributed by atoms with Crippen molar-refractivity contribution in [2.75, 3.05) is 5.73 Å². The van der Waals surface area contributed by atoms with Crippen molar-refractivity contribution in [1.82, 2.24) is 9.97 Å². The number of nitrogen functional groups attached to an aromatic ring is 1. The Kier molecular flexibility index (Phi) is 4.84. The van der Waals surface area contributed by atoms with Gasteiger partial charge in [0.05, 0.1) is 22.4 Å². The number of hydrogen-bond donors (Lipinski definition) is 1. The molecule has 114 valence electrons. The van der Waals surface area contributed by atoms with Gasteiger partial charge < -0.3 is 5.73 Å². The summed E-state index contributed by atoms with van der Waals surface area (Å²) in [7, 11) is 0. The lowest BCUT2D eigenvalue weighted by atomic mass is 9.99. The highest BCUT2D eigenvalue weighted by Gasteiger charge is 2.14. The number of hydrogen-bond acceptors (Lipinski definition) is 3. The molecule has 0 atom stereocenters. The molecule has 6 heteroatoms. The zero-order valence-electron chi connectivity index (χ0n) is 11.8. The number of fused-ring (bicyclic) bond motifs is 1. The van der Waals surface area contributed by atoms with Gasteiger partial charge in [-0.15, -0.1) is 12.4 Å². The van der Waals surface area contributed by atoms with Crippen LogP contribution in [-0.2, 0) is 6.42 Å². The van der Waals surface area contributed by atoms with Crippen molar-refractivity contribution in [2.24, 2.45) is 0 Å². The number of nitrogens with zero attached hydrogens (tertiary/aromatic N) is 2. The molecule has 3 aromatic rings. The van der Waals surface area contributed by atoms with Crippen molar-refractivity contribution in [3.63, 3.8) is 0 Å². The van der Waals surface area contributed by atoms with Crippen LogP contribution >= 0.6 is 24.0 Å². The quantitative estimate of drug-likeness (QED) is 0.740. The largest absolute Gasteiger partial charge is 0.384 e. The molecule has 0 saturated heterocycles. The van der Waals surface area contributed by atoms with Crippen molar-refractivity contribution in [3.8, 4) is 11.1 Å². The first-order valence-electron chi connectivity index (χ1n) is 6.59. The van der Waals surface area contributed by atoms with Gasteiger partial charge in [-0.3, -0.25) is 4.98 Å². The SMILES string of the molecule is CCc1nc(N)ccc1-c1c(Cl)ccc2cc(F)cnc12.Cl. The number of aryl methyl sites for hydroxylation is 1. The summed E-state index contributed by atoms with van der Waals surface area (Å²) in [4.78, 5) is 8.55. The van der Waals surface area contributed by atoms with Crippen LogP contribution in [0.15, 0.2) is 36.5 Å². The Morgan fingerprint density at radius 3 is 2.73 bits per heavy atom. The first-order chi connectivity index (χ1) is 10.1. The molecule has 0 aliphatic carbocycles. The van der Waals surface area contributed by atoms with Gasteiger partial charge in [0.25, 0.3) is 0 Å². The lowest BCUT2D eigenvalue weighted by molar-refractivity contribution is 0.624. The van der Waals surface area contributed by atoms with Crippen LogP contribution in [0.2, 0.25) is 5.02 Å². The fourth-order valence-electron chi connectivity index (χ4n) is 2.42. The lowest BCUT2D eigenvalue weighted by Crippen LogP contribution is -1.99. The van der Waals surface area contributed by atoms with E-state index >= 15 is 0 Å². The van der Waals surface area contributed by atoms with Crippen LogP contribution in [0.3, 0.4) is 0 Å². The summed E-state index contributed by atoms with van der Waals surface area (Å²) in [6, 6.07) is 8.56. The average Bonchev–Trinajstić information content (AvgIpc) is 2.48. The van der Waals surface area contributed by atoms with E-state index in [0.29, 0.717) is 28.2 Å². The first-order valence-corrected chi connectivity index (χ1v) is 6.97. The maximum absolute atomic E-state index is 13.3. The van der Waals surface area contributed by atoms with Crippen LogP contribution in [0.25, 0.3) is 22.0 Å². The summed E-state index contributed by atoms with van der Waals surface area (Å²) in [6.45, 7) is 2.00. The van der Waals surface area contributed by atoms with E-state index in [1.165, 1.54) is 12.3 Å². The van der Waals surface area contributed by atoms with Gasteiger partial charge in [-0.05, 0) is 30.7 Å². The molecule has 2 N–H and O–H groups in total. The van der Waals surface area contributed by atoms with E-state index in [9.17, 15) is 4.39 Å². The second-order valence-corrected chi connectivity index (χ2v) is 5.14. The van der Waals surface area contributed by atoms with E-state index < -0.39 is 0 Å². The minimum Gasteiger partial charge on any atom is -0.384 e. The highest BCUT2D eigenvalue weighted by Crippen LogP contribution is 2.36. The first kappa shape index (κ1) is 16.5. The van der Waals surface area contributed by atoms with E-state index in [1.807, 2.05) is 13.0 Å². The van der Waals surface area contributed by atoms with Crippen molar-refractivity contribution in [3.05, 3.63) is 53.1 Å². The molecular formula is C16H14Cl2FN3. The zero-order valence-corrected chi connectivity index (χ0v) is 13.4. The molecule has 0 bridgehead atoms. The number of anilines is 1. The van der Waals surface area contributed by atoms with Gasteiger partial charge in [-0.2, -0.15) is 0 Å². The lowest BCUT2D eigenvalue weighted by Gasteiger charge is -2.12. The molecule has 22 heavy (non-hydrogen) atoms. The number of nitrogens with two attached hydrogens (primary N) is 1. The van der Waals surface area contributed by atoms with Crippen molar-refractivity contribution < 1.29 is 4.39 Å². The van der Waals surface area contributed by atoms with Crippen LogP contribution in [-0.4, -0.2) is 9.97 Å². The fourth-order valence-corrected chi connectivity index (χ4v) is 2.68. The zero-order chi connectivity index (χ0) is 15.0. The van der Waals surface area contributed by atoms with Crippen LogP contribution < -0.4 is 5.73 Å². The molecule has 0 fully saturated rings. The molecule has 0 radical (unpaired) electrons.